The standard InChI is InChI=1S/C13H17NO2.ClH/c1-4-8-14-10-11-6-7-12(15-3)13(9-11)16-5-2;/h1,6-7,9,14H,5,8,10H2,2-3H3;1H. The Balaban J connectivity index is 0.00000256. The SMILES string of the molecule is C#CCNCc1ccc(OC)c(OCC)c1.Cl. The summed E-state index contributed by atoms with van der Waals surface area (Å²) in [7, 11) is 1.63. The number of halogens is 1. The van der Waals surface area contributed by atoms with Crippen LogP contribution in [0.25, 0.3) is 0 Å². The Kier molecular flexibility index (Phi) is 8.04. The van der Waals surface area contributed by atoms with Gasteiger partial charge in [0.2, 0.25) is 0 Å². The van der Waals surface area contributed by atoms with Crippen LogP contribution in [0, 0.1) is 12.3 Å². The molecule has 0 spiro atoms. The van der Waals surface area contributed by atoms with Gasteiger partial charge in [-0.3, -0.25) is 0 Å². The summed E-state index contributed by atoms with van der Waals surface area (Å²) in [6.07, 6.45) is 5.16. The van der Waals surface area contributed by atoms with Crippen molar-refractivity contribution in [3.63, 3.8) is 0 Å². The topological polar surface area (TPSA) is 30.5 Å². The highest BCUT2D eigenvalue weighted by atomic mass is 35.5. The maximum atomic E-state index is 5.48. The predicted molar refractivity (Wildman–Crippen MR) is 72.0 cm³/mol. The van der Waals surface area contributed by atoms with E-state index >= 15 is 0 Å². The van der Waals surface area contributed by atoms with Gasteiger partial charge in [-0.2, -0.15) is 0 Å². The van der Waals surface area contributed by atoms with Gasteiger partial charge in [0, 0.05) is 6.54 Å². The number of methoxy groups -OCH3 is 1. The van der Waals surface area contributed by atoms with Crippen LogP contribution in [0.15, 0.2) is 18.2 Å². The van der Waals surface area contributed by atoms with Crippen LogP contribution in [0.4, 0.5) is 0 Å². The highest BCUT2D eigenvalue weighted by Crippen LogP contribution is 2.27. The van der Waals surface area contributed by atoms with Crippen LogP contribution in [-0.4, -0.2) is 20.3 Å². The first kappa shape index (κ1) is 15.6. The molecule has 0 unspecified atom stereocenters. The van der Waals surface area contributed by atoms with E-state index in [1.807, 2.05) is 25.1 Å². The fraction of sp³-hybridized carbons (Fsp3) is 0.385. The van der Waals surface area contributed by atoms with E-state index in [0.29, 0.717) is 13.2 Å². The lowest BCUT2D eigenvalue weighted by Gasteiger charge is -2.11. The number of rotatable bonds is 6. The molecule has 0 aliphatic heterocycles. The van der Waals surface area contributed by atoms with E-state index in [1.165, 1.54) is 0 Å². The molecule has 1 aromatic carbocycles. The summed E-state index contributed by atoms with van der Waals surface area (Å²) in [5.41, 5.74) is 1.12. The van der Waals surface area contributed by atoms with Crippen molar-refractivity contribution in [2.75, 3.05) is 20.3 Å². The summed E-state index contributed by atoms with van der Waals surface area (Å²) in [4.78, 5) is 0. The molecule has 94 valence electrons. The van der Waals surface area contributed by atoms with E-state index in [4.69, 9.17) is 15.9 Å². The van der Waals surface area contributed by atoms with Crippen LogP contribution in [-0.2, 0) is 6.54 Å². The van der Waals surface area contributed by atoms with Gasteiger partial charge in [0.25, 0.3) is 0 Å². The van der Waals surface area contributed by atoms with E-state index in [2.05, 4.69) is 11.2 Å². The molecule has 1 aromatic rings. The number of hydrogen-bond donors (Lipinski definition) is 1. The van der Waals surface area contributed by atoms with Gasteiger partial charge in [0.1, 0.15) is 0 Å². The van der Waals surface area contributed by atoms with Crippen LogP contribution < -0.4 is 14.8 Å². The zero-order valence-electron chi connectivity index (χ0n) is 10.2. The highest BCUT2D eigenvalue weighted by molar-refractivity contribution is 5.85. The molecule has 0 aliphatic rings. The smallest absolute Gasteiger partial charge is 0.161 e. The Morgan fingerprint density at radius 3 is 2.71 bits per heavy atom. The molecule has 0 heterocycles. The molecule has 17 heavy (non-hydrogen) atoms. The van der Waals surface area contributed by atoms with Gasteiger partial charge in [-0.25, -0.2) is 0 Å². The number of ether oxygens (including phenoxy) is 2. The molecule has 0 aliphatic carbocycles. The van der Waals surface area contributed by atoms with Gasteiger partial charge in [-0.1, -0.05) is 12.0 Å². The monoisotopic (exact) mass is 255 g/mol. The highest BCUT2D eigenvalue weighted by Gasteiger charge is 2.04. The van der Waals surface area contributed by atoms with Gasteiger partial charge in [-0.15, -0.1) is 18.8 Å². The van der Waals surface area contributed by atoms with E-state index in [-0.39, 0.29) is 12.4 Å². The van der Waals surface area contributed by atoms with Gasteiger partial charge in [0.15, 0.2) is 11.5 Å². The van der Waals surface area contributed by atoms with E-state index in [1.54, 1.807) is 7.11 Å². The molecular formula is C13H18ClNO2. The van der Waals surface area contributed by atoms with E-state index in [9.17, 15) is 0 Å². The average molecular weight is 256 g/mol. The summed E-state index contributed by atoms with van der Waals surface area (Å²) in [6.45, 7) is 3.87. The molecule has 0 atom stereocenters. The molecule has 1 N–H and O–H groups in total. The summed E-state index contributed by atoms with van der Waals surface area (Å²) in [6, 6.07) is 5.86. The minimum Gasteiger partial charge on any atom is -0.493 e. The lowest BCUT2D eigenvalue weighted by molar-refractivity contribution is 0.310. The fourth-order valence-corrected chi connectivity index (χ4v) is 1.38. The molecule has 4 heteroatoms. The summed E-state index contributed by atoms with van der Waals surface area (Å²) < 4.78 is 10.7. The fourth-order valence-electron chi connectivity index (χ4n) is 1.38. The first-order valence-corrected chi connectivity index (χ1v) is 5.25. The van der Waals surface area contributed by atoms with Crippen LogP contribution >= 0.6 is 12.4 Å². The number of hydrogen-bond acceptors (Lipinski definition) is 3. The van der Waals surface area contributed by atoms with Crippen molar-refractivity contribution in [1.82, 2.24) is 5.32 Å². The molecule has 0 amide bonds. The van der Waals surface area contributed by atoms with Crippen LogP contribution in [0.3, 0.4) is 0 Å². The zero-order valence-corrected chi connectivity index (χ0v) is 11.0. The second-order valence-corrected chi connectivity index (χ2v) is 3.23. The minimum absolute atomic E-state index is 0. The molecule has 0 saturated heterocycles. The third-order valence-corrected chi connectivity index (χ3v) is 2.08. The van der Waals surface area contributed by atoms with Crippen LogP contribution in [0.2, 0.25) is 0 Å². The van der Waals surface area contributed by atoms with Gasteiger partial charge in [-0.05, 0) is 24.6 Å². The third-order valence-electron chi connectivity index (χ3n) is 2.08. The molecule has 0 saturated carbocycles. The minimum atomic E-state index is 0. The predicted octanol–water partition coefficient (Wildman–Crippen LogP) is 2.24. The van der Waals surface area contributed by atoms with Crippen molar-refractivity contribution < 1.29 is 9.47 Å². The quantitative estimate of drug-likeness (QED) is 0.625. The lowest BCUT2D eigenvalue weighted by atomic mass is 10.2. The van der Waals surface area contributed by atoms with E-state index in [0.717, 1.165) is 23.6 Å². The molecule has 0 bridgehead atoms. The lowest BCUT2D eigenvalue weighted by Crippen LogP contribution is -2.13. The summed E-state index contributed by atoms with van der Waals surface area (Å²) in [5.74, 6) is 4.05. The molecule has 1 rings (SSSR count). The van der Waals surface area contributed by atoms with Gasteiger partial charge < -0.3 is 14.8 Å². The van der Waals surface area contributed by atoms with Gasteiger partial charge in [0.05, 0.1) is 20.3 Å². The van der Waals surface area contributed by atoms with Crippen molar-refractivity contribution in [3.8, 4) is 23.8 Å². The van der Waals surface area contributed by atoms with Crippen molar-refractivity contribution in [2.24, 2.45) is 0 Å². The Morgan fingerprint density at radius 1 is 1.35 bits per heavy atom. The molecular weight excluding hydrogens is 238 g/mol. The molecule has 3 nitrogen and oxygen atoms in total. The maximum Gasteiger partial charge on any atom is 0.161 e. The second kappa shape index (κ2) is 8.74. The normalized spacial score (nSPS) is 9.00. The first-order chi connectivity index (χ1) is 7.81. The third kappa shape index (κ3) is 4.99. The Hall–Kier alpha value is -1.37. The number of terminal acetylenes is 1. The van der Waals surface area contributed by atoms with Crippen LogP contribution in [0.1, 0.15) is 12.5 Å². The largest absolute Gasteiger partial charge is 0.493 e. The number of benzene rings is 1. The summed E-state index contributed by atoms with van der Waals surface area (Å²) in [5, 5.41) is 3.13. The van der Waals surface area contributed by atoms with Crippen molar-refractivity contribution in [1.29, 1.82) is 0 Å². The Morgan fingerprint density at radius 2 is 2.12 bits per heavy atom. The second-order valence-electron chi connectivity index (χ2n) is 3.23. The van der Waals surface area contributed by atoms with Crippen molar-refractivity contribution in [3.05, 3.63) is 23.8 Å². The summed E-state index contributed by atoms with van der Waals surface area (Å²) >= 11 is 0. The zero-order chi connectivity index (χ0) is 11.8. The Labute approximate surface area is 109 Å². The molecule has 0 fully saturated rings. The van der Waals surface area contributed by atoms with Crippen LogP contribution in [0.5, 0.6) is 11.5 Å². The molecule has 0 radical (unpaired) electrons. The Bertz CT molecular complexity index is 374. The maximum absolute atomic E-state index is 5.48. The average Bonchev–Trinajstić information content (AvgIpc) is 2.30. The molecule has 0 aromatic heterocycles. The van der Waals surface area contributed by atoms with Crippen molar-refractivity contribution >= 4 is 12.4 Å². The number of nitrogens with one attached hydrogen (secondary N) is 1. The first-order valence-electron chi connectivity index (χ1n) is 5.25. The van der Waals surface area contributed by atoms with E-state index < -0.39 is 0 Å². The van der Waals surface area contributed by atoms with Gasteiger partial charge >= 0.3 is 0 Å². The van der Waals surface area contributed by atoms with Crippen molar-refractivity contribution in [2.45, 2.75) is 13.5 Å².